The summed E-state index contributed by atoms with van der Waals surface area (Å²) >= 11 is 1.73. The van der Waals surface area contributed by atoms with Gasteiger partial charge in [0.05, 0.1) is 4.90 Å². The lowest BCUT2D eigenvalue weighted by Crippen LogP contribution is -2.33. The minimum atomic E-state index is -3.65. The van der Waals surface area contributed by atoms with Gasteiger partial charge in [-0.25, -0.2) is 12.8 Å². The molecule has 0 amide bonds. The standard InChI is InChI=1S/C12H17FN2O2S2/c1-9-11(13)7-10(8-12(9)14)19(16,17)15-3-2-5-18-6-4-15/h7-8H,2-6,14H2,1H3. The Balaban J connectivity index is 2.38. The largest absolute Gasteiger partial charge is 0.398 e. The van der Waals surface area contributed by atoms with Crippen molar-refractivity contribution in [1.29, 1.82) is 0 Å². The molecule has 1 fully saturated rings. The number of halogens is 1. The Labute approximate surface area is 117 Å². The number of thioether (sulfide) groups is 1. The van der Waals surface area contributed by atoms with Crippen LogP contribution in [0.5, 0.6) is 0 Å². The van der Waals surface area contributed by atoms with E-state index in [-0.39, 0.29) is 16.1 Å². The first-order valence-corrected chi connectivity index (χ1v) is 8.66. The zero-order valence-corrected chi connectivity index (χ0v) is 12.4. The maximum absolute atomic E-state index is 13.7. The molecule has 0 saturated carbocycles. The van der Waals surface area contributed by atoms with Crippen LogP contribution in [0.15, 0.2) is 17.0 Å². The zero-order valence-electron chi connectivity index (χ0n) is 10.7. The van der Waals surface area contributed by atoms with Crippen LogP contribution in [-0.2, 0) is 10.0 Å². The first kappa shape index (κ1) is 14.6. The van der Waals surface area contributed by atoms with E-state index >= 15 is 0 Å². The number of hydrogen-bond acceptors (Lipinski definition) is 4. The van der Waals surface area contributed by atoms with Crippen LogP contribution in [0.3, 0.4) is 0 Å². The normalized spacial score (nSPS) is 18.2. The van der Waals surface area contributed by atoms with Crippen molar-refractivity contribution < 1.29 is 12.8 Å². The summed E-state index contributed by atoms with van der Waals surface area (Å²) in [4.78, 5) is -0.0556. The average molecular weight is 304 g/mol. The zero-order chi connectivity index (χ0) is 14.0. The van der Waals surface area contributed by atoms with E-state index in [1.54, 1.807) is 11.8 Å². The predicted molar refractivity (Wildman–Crippen MR) is 76.3 cm³/mol. The molecule has 1 heterocycles. The van der Waals surface area contributed by atoms with Crippen LogP contribution >= 0.6 is 11.8 Å². The van der Waals surface area contributed by atoms with Gasteiger partial charge >= 0.3 is 0 Å². The highest BCUT2D eigenvalue weighted by molar-refractivity contribution is 7.99. The van der Waals surface area contributed by atoms with Gasteiger partial charge in [0, 0.05) is 30.1 Å². The second-order valence-electron chi connectivity index (χ2n) is 4.49. The molecular formula is C12H17FN2O2S2. The van der Waals surface area contributed by atoms with E-state index < -0.39 is 15.8 Å². The Morgan fingerprint density at radius 2 is 2.05 bits per heavy atom. The summed E-state index contributed by atoms with van der Waals surface area (Å²) in [5.74, 6) is 1.14. The van der Waals surface area contributed by atoms with Gasteiger partial charge in [0.1, 0.15) is 5.82 Å². The molecule has 2 N–H and O–H groups in total. The van der Waals surface area contributed by atoms with Gasteiger partial charge in [-0.1, -0.05) is 0 Å². The molecule has 2 rings (SSSR count). The van der Waals surface area contributed by atoms with E-state index in [0.717, 1.165) is 24.0 Å². The van der Waals surface area contributed by atoms with Crippen molar-refractivity contribution in [3.8, 4) is 0 Å². The summed E-state index contributed by atoms with van der Waals surface area (Å²) in [5, 5.41) is 0. The number of sulfonamides is 1. The molecule has 0 bridgehead atoms. The molecule has 1 aromatic rings. The highest BCUT2D eigenvalue weighted by Gasteiger charge is 2.26. The van der Waals surface area contributed by atoms with E-state index in [1.165, 1.54) is 17.3 Å². The number of nitrogens with two attached hydrogens (primary N) is 1. The molecule has 1 aliphatic rings. The molecule has 1 aromatic carbocycles. The Morgan fingerprint density at radius 3 is 2.74 bits per heavy atom. The summed E-state index contributed by atoms with van der Waals surface area (Å²) in [5.41, 5.74) is 6.10. The van der Waals surface area contributed by atoms with Gasteiger partial charge in [-0.3, -0.25) is 0 Å². The number of anilines is 1. The van der Waals surface area contributed by atoms with Crippen molar-refractivity contribution in [2.24, 2.45) is 0 Å². The Bertz CT molecular complexity index is 544. The average Bonchev–Trinajstić information content (AvgIpc) is 2.64. The van der Waals surface area contributed by atoms with Crippen LogP contribution in [-0.4, -0.2) is 37.3 Å². The maximum atomic E-state index is 13.7. The number of hydrogen-bond donors (Lipinski definition) is 1. The van der Waals surface area contributed by atoms with E-state index in [2.05, 4.69) is 0 Å². The minimum Gasteiger partial charge on any atom is -0.398 e. The van der Waals surface area contributed by atoms with Gasteiger partial charge in [0.15, 0.2) is 0 Å². The first-order chi connectivity index (χ1) is 8.93. The summed E-state index contributed by atoms with van der Waals surface area (Å²) in [7, 11) is -3.65. The van der Waals surface area contributed by atoms with Gasteiger partial charge in [-0.15, -0.1) is 0 Å². The van der Waals surface area contributed by atoms with Crippen LogP contribution in [0.25, 0.3) is 0 Å². The number of nitrogens with zero attached hydrogens (tertiary/aromatic N) is 1. The molecule has 106 valence electrons. The summed E-state index contributed by atoms with van der Waals surface area (Å²) < 4.78 is 40.0. The molecule has 0 aliphatic carbocycles. The summed E-state index contributed by atoms with van der Waals surface area (Å²) in [6, 6.07) is 2.39. The van der Waals surface area contributed by atoms with Crippen LogP contribution in [0.2, 0.25) is 0 Å². The summed E-state index contributed by atoms with van der Waals surface area (Å²) in [6.07, 6.45) is 0.813. The third kappa shape index (κ3) is 3.04. The molecule has 0 atom stereocenters. The van der Waals surface area contributed by atoms with Crippen molar-refractivity contribution in [1.82, 2.24) is 4.31 Å². The fraction of sp³-hybridized carbons (Fsp3) is 0.500. The van der Waals surface area contributed by atoms with E-state index in [0.29, 0.717) is 13.1 Å². The van der Waals surface area contributed by atoms with Crippen molar-refractivity contribution >= 4 is 27.5 Å². The Hall–Kier alpha value is -0.790. The van der Waals surface area contributed by atoms with E-state index in [9.17, 15) is 12.8 Å². The van der Waals surface area contributed by atoms with Gasteiger partial charge in [-0.05, 0) is 31.2 Å². The van der Waals surface area contributed by atoms with E-state index in [4.69, 9.17) is 5.73 Å². The fourth-order valence-corrected chi connectivity index (χ4v) is 4.47. The molecule has 0 unspecified atom stereocenters. The predicted octanol–water partition coefficient (Wildman–Crippen LogP) is 1.84. The SMILES string of the molecule is Cc1c(N)cc(S(=O)(=O)N2CCCSCC2)cc1F. The molecule has 0 radical (unpaired) electrons. The molecule has 1 aliphatic heterocycles. The van der Waals surface area contributed by atoms with Crippen molar-refractivity contribution in [2.75, 3.05) is 30.3 Å². The van der Waals surface area contributed by atoms with Crippen LogP contribution in [0.1, 0.15) is 12.0 Å². The molecule has 1 saturated heterocycles. The van der Waals surface area contributed by atoms with Gasteiger partial charge in [0.25, 0.3) is 0 Å². The quantitative estimate of drug-likeness (QED) is 0.847. The highest BCUT2D eigenvalue weighted by Crippen LogP contribution is 2.25. The molecule has 19 heavy (non-hydrogen) atoms. The molecular weight excluding hydrogens is 287 g/mol. The Morgan fingerprint density at radius 1 is 1.32 bits per heavy atom. The monoisotopic (exact) mass is 304 g/mol. The van der Waals surface area contributed by atoms with Crippen molar-refractivity contribution in [3.05, 3.63) is 23.5 Å². The molecule has 4 nitrogen and oxygen atoms in total. The van der Waals surface area contributed by atoms with Crippen molar-refractivity contribution in [2.45, 2.75) is 18.2 Å². The van der Waals surface area contributed by atoms with Crippen LogP contribution in [0.4, 0.5) is 10.1 Å². The lowest BCUT2D eigenvalue weighted by molar-refractivity contribution is 0.434. The first-order valence-electron chi connectivity index (χ1n) is 6.06. The highest BCUT2D eigenvalue weighted by atomic mass is 32.2. The molecule has 7 heteroatoms. The third-order valence-electron chi connectivity index (χ3n) is 3.18. The third-order valence-corrected chi connectivity index (χ3v) is 6.10. The van der Waals surface area contributed by atoms with E-state index in [1.807, 2.05) is 0 Å². The number of rotatable bonds is 2. The smallest absolute Gasteiger partial charge is 0.243 e. The second-order valence-corrected chi connectivity index (χ2v) is 7.65. The molecule has 0 spiro atoms. The van der Waals surface area contributed by atoms with Gasteiger partial charge in [0.2, 0.25) is 10.0 Å². The van der Waals surface area contributed by atoms with Crippen LogP contribution < -0.4 is 5.73 Å². The lowest BCUT2D eigenvalue weighted by atomic mass is 10.2. The van der Waals surface area contributed by atoms with Gasteiger partial charge < -0.3 is 5.73 Å². The molecule has 0 aromatic heterocycles. The Kier molecular flexibility index (Phi) is 4.37. The fourth-order valence-electron chi connectivity index (χ4n) is 1.94. The summed E-state index contributed by atoms with van der Waals surface area (Å²) in [6.45, 7) is 2.47. The van der Waals surface area contributed by atoms with Crippen LogP contribution in [0, 0.1) is 12.7 Å². The lowest BCUT2D eigenvalue weighted by Gasteiger charge is -2.20. The van der Waals surface area contributed by atoms with Crippen molar-refractivity contribution in [3.63, 3.8) is 0 Å². The topological polar surface area (TPSA) is 63.4 Å². The maximum Gasteiger partial charge on any atom is 0.243 e. The minimum absolute atomic E-state index is 0.0556. The second kappa shape index (κ2) is 5.68. The number of benzene rings is 1. The van der Waals surface area contributed by atoms with Gasteiger partial charge in [-0.2, -0.15) is 16.1 Å². The number of nitrogen functional groups attached to an aromatic ring is 1.